The number of halogens is 12. The smallest absolute Gasteiger partial charge is 0.420 e. The molecule has 57 heavy (non-hydrogen) atoms. The summed E-state index contributed by atoms with van der Waals surface area (Å²) in [6.07, 6.45) is -16.2. The number of alkyl halides is 12. The highest BCUT2D eigenvalue weighted by molar-refractivity contribution is 5.72. The molecule has 3 aromatic rings. The van der Waals surface area contributed by atoms with Crippen molar-refractivity contribution in [3.8, 4) is 28.4 Å². The van der Waals surface area contributed by atoms with Gasteiger partial charge in [0.2, 0.25) is 0 Å². The van der Waals surface area contributed by atoms with E-state index < -0.39 is 69.9 Å². The summed E-state index contributed by atoms with van der Waals surface area (Å²) in [5.74, 6) is -1.80. The predicted octanol–water partition coefficient (Wildman–Crippen LogP) is 13.9. The van der Waals surface area contributed by atoms with Crippen LogP contribution in [0.2, 0.25) is 0 Å². The Labute approximate surface area is 323 Å². The second kappa shape index (κ2) is 19.3. The van der Waals surface area contributed by atoms with E-state index in [2.05, 4.69) is 0 Å². The fraction of sp³-hybridized carbons (Fsp3) is 0.561. The summed E-state index contributed by atoms with van der Waals surface area (Å²) in [6, 6.07) is 9.24. The Balaban J connectivity index is 1.24. The highest BCUT2D eigenvalue weighted by Crippen LogP contribution is 2.51. The molecule has 1 fully saturated rings. The summed E-state index contributed by atoms with van der Waals surface area (Å²) in [4.78, 5) is 0. The Kier molecular flexibility index (Phi) is 15.5. The third-order valence-electron chi connectivity index (χ3n) is 10.1. The number of hydrogen-bond acceptors (Lipinski definition) is 4. The summed E-state index contributed by atoms with van der Waals surface area (Å²) >= 11 is 0. The van der Waals surface area contributed by atoms with E-state index in [1.807, 2.05) is 6.92 Å². The van der Waals surface area contributed by atoms with Crippen LogP contribution in [0.3, 0.4) is 0 Å². The first kappa shape index (κ1) is 45.9. The van der Waals surface area contributed by atoms with Crippen LogP contribution >= 0.6 is 0 Å². The van der Waals surface area contributed by atoms with Crippen molar-refractivity contribution in [2.45, 2.75) is 115 Å². The van der Waals surface area contributed by atoms with E-state index in [0.29, 0.717) is 50.6 Å². The van der Waals surface area contributed by atoms with Crippen molar-refractivity contribution in [1.82, 2.24) is 0 Å². The summed E-state index contributed by atoms with van der Waals surface area (Å²) < 4.78 is 189. The molecule has 318 valence electrons. The van der Waals surface area contributed by atoms with E-state index in [-0.39, 0.29) is 43.3 Å². The van der Waals surface area contributed by atoms with E-state index >= 15 is 0 Å². The van der Waals surface area contributed by atoms with Crippen molar-refractivity contribution in [3.63, 3.8) is 0 Å². The zero-order valence-corrected chi connectivity index (χ0v) is 31.7. The molecular weight excluding hydrogens is 784 g/mol. The molecular formula is C41H46F12O4. The molecule has 0 spiro atoms. The van der Waals surface area contributed by atoms with Gasteiger partial charge in [0.1, 0.15) is 28.4 Å². The lowest BCUT2D eigenvalue weighted by Gasteiger charge is -2.32. The third-order valence-corrected chi connectivity index (χ3v) is 10.1. The van der Waals surface area contributed by atoms with Gasteiger partial charge < -0.3 is 18.9 Å². The zero-order chi connectivity index (χ0) is 42.2. The van der Waals surface area contributed by atoms with Gasteiger partial charge in [0, 0.05) is 6.61 Å². The van der Waals surface area contributed by atoms with Gasteiger partial charge in [-0.05, 0) is 118 Å². The largest absolute Gasteiger partial charge is 0.494 e. The molecule has 0 aromatic heterocycles. The lowest BCUT2D eigenvalue weighted by Crippen LogP contribution is -2.25. The molecule has 0 radical (unpaired) electrons. The van der Waals surface area contributed by atoms with Gasteiger partial charge in [0.15, 0.2) is 0 Å². The van der Waals surface area contributed by atoms with Gasteiger partial charge in [-0.2, -0.15) is 52.7 Å². The Morgan fingerprint density at radius 1 is 0.544 bits per heavy atom. The SMILES string of the molecule is CCOc1ccc(-c2ccc(OCCCC(CC)CCCOC3CCC(c4ccc(OCC)c(C(F)(F)F)c4C(F)(F)F)CC3)cc2)c(C(F)(F)F)c1C(F)(F)F. The molecule has 3 aromatic carbocycles. The summed E-state index contributed by atoms with van der Waals surface area (Å²) in [7, 11) is 0. The third kappa shape index (κ3) is 12.1. The molecule has 0 N–H and O–H groups in total. The lowest BCUT2D eigenvalue weighted by molar-refractivity contribution is -0.163. The molecule has 0 bridgehead atoms. The molecule has 0 heterocycles. The van der Waals surface area contributed by atoms with Crippen molar-refractivity contribution in [2.75, 3.05) is 26.4 Å². The summed E-state index contributed by atoms with van der Waals surface area (Å²) in [5, 5.41) is 0. The average molecular weight is 831 g/mol. The second-order valence-electron chi connectivity index (χ2n) is 13.9. The van der Waals surface area contributed by atoms with Crippen LogP contribution in [0.5, 0.6) is 17.2 Å². The van der Waals surface area contributed by atoms with Gasteiger partial charge in [0.25, 0.3) is 0 Å². The quantitative estimate of drug-likeness (QED) is 0.100. The van der Waals surface area contributed by atoms with Gasteiger partial charge in [-0.1, -0.05) is 37.6 Å². The van der Waals surface area contributed by atoms with Crippen LogP contribution in [-0.4, -0.2) is 32.5 Å². The molecule has 0 saturated heterocycles. The van der Waals surface area contributed by atoms with E-state index in [1.54, 1.807) is 0 Å². The van der Waals surface area contributed by atoms with Crippen LogP contribution in [0, 0.1) is 5.92 Å². The zero-order valence-electron chi connectivity index (χ0n) is 31.7. The highest BCUT2D eigenvalue weighted by atomic mass is 19.4. The fourth-order valence-corrected chi connectivity index (χ4v) is 7.49. The molecule has 0 aliphatic heterocycles. The Morgan fingerprint density at radius 2 is 1.04 bits per heavy atom. The maximum Gasteiger partial charge on any atom is 0.420 e. The second-order valence-corrected chi connectivity index (χ2v) is 13.9. The standard InChI is InChI=1S/C41H46F12O4/c1-4-25(9-7-23-56-28-15-11-26(12-16-28)30-19-21-32(54-5-2)36(40(48,49)50)34(30)38(42,43)44)10-8-24-57-29-17-13-27(14-18-29)31-20-22-33(55-6-3)37(41(51,52)53)35(31)39(45,46)47/h11-12,15-16,19-22,25,27,29H,4-10,13-14,17-18,23-24H2,1-3H3. The molecule has 0 amide bonds. The lowest BCUT2D eigenvalue weighted by atomic mass is 9.79. The van der Waals surface area contributed by atoms with Crippen molar-refractivity contribution in [3.05, 3.63) is 76.3 Å². The van der Waals surface area contributed by atoms with Crippen molar-refractivity contribution in [2.24, 2.45) is 5.92 Å². The van der Waals surface area contributed by atoms with E-state index in [0.717, 1.165) is 43.5 Å². The Bertz CT molecular complexity index is 1720. The van der Waals surface area contributed by atoms with Crippen molar-refractivity contribution in [1.29, 1.82) is 0 Å². The highest BCUT2D eigenvalue weighted by Gasteiger charge is 2.49. The number of hydrogen-bond donors (Lipinski definition) is 0. The predicted molar refractivity (Wildman–Crippen MR) is 189 cm³/mol. The van der Waals surface area contributed by atoms with Crippen LogP contribution in [0.4, 0.5) is 52.7 Å². The van der Waals surface area contributed by atoms with E-state index in [4.69, 9.17) is 18.9 Å². The molecule has 1 aliphatic carbocycles. The maximum absolute atomic E-state index is 14.1. The first-order valence-corrected chi connectivity index (χ1v) is 18.9. The Morgan fingerprint density at radius 3 is 1.53 bits per heavy atom. The molecule has 1 atom stereocenters. The molecule has 4 nitrogen and oxygen atoms in total. The van der Waals surface area contributed by atoms with Crippen LogP contribution in [0.15, 0.2) is 48.5 Å². The molecule has 4 rings (SSSR count). The normalized spacial score (nSPS) is 17.4. The summed E-state index contributed by atoms with van der Waals surface area (Å²) in [6.45, 7) is 5.04. The maximum atomic E-state index is 14.1. The first-order valence-electron chi connectivity index (χ1n) is 18.9. The van der Waals surface area contributed by atoms with Crippen LogP contribution < -0.4 is 14.2 Å². The minimum absolute atomic E-state index is 0.0766. The van der Waals surface area contributed by atoms with Crippen molar-refractivity contribution < 1.29 is 71.6 Å². The van der Waals surface area contributed by atoms with Crippen LogP contribution in [0.1, 0.15) is 112 Å². The fourth-order valence-electron chi connectivity index (χ4n) is 7.49. The average Bonchev–Trinajstić information content (AvgIpc) is 3.13. The van der Waals surface area contributed by atoms with Gasteiger partial charge in [0.05, 0.1) is 37.1 Å². The number of ether oxygens (including phenoxy) is 4. The minimum Gasteiger partial charge on any atom is -0.494 e. The van der Waals surface area contributed by atoms with Crippen LogP contribution in [0.25, 0.3) is 11.1 Å². The van der Waals surface area contributed by atoms with Gasteiger partial charge in [-0.25, -0.2) is 0 Å². The van der Waals surface area contributed by atoms with Gasteiger partial charge >= 0.3 is 24.7 Å². The Hall–Kier alpha value is -3.82. The minimum atomic E-state index is -5.32. The van der Waals surface area contributed by atoms with E-state index in [9.17, 15) is 52.7 Å². The van der Waals surface area contributed by atoms with E-state index in [1.165, 1.54) is 38.1 Å². The van der Waals surface area contributed by atoms with Crippen molar-refractivity contribution >= 4 is 0 Å². The number of benzene rings is 3. The molecule has 1 saturated carbocycles. The molecule has 16 heteroatoms. The topological polar surface area (TPSA) is 36.9 Å². The van der Waals surface area contributed by atoms with Gasteiger partial charge in [-0.15, -0.1) is 0 Å². The number of rotatable bonds is 17. The van der Waals surface area contributed by atoms with Crippen LogP contribution in [-0.2, 0) is 29.4 Å². The first-order chi connectivity index (χ1) is 26.7. The monoisotopic (exact) mass is 830 g/mol. The molecule has 1 aliphatic rings. The van der Waals surface area contributed by atoms with Gasteiger partial charge in [-0.3, -0.25) is 0 Å². The summed E-state index contributed by atoms with van der Waals surface area (Å²) in [5.41, 5.74) is -8.28. The molecule has 1 unspecified atom stereocenters.